The maximum Gasteiger partial charge on any atom is 0.129 e. The van der Waals surface area contributed by atoms with Gasteiger partial charge in [-0.3, -0.25) is 0 Å². The summed E-state index contributed by atoms with van der Waals surface area (Å²) in [5.41, 5.74) is 2.24. The zero-order valence-corrected chi connectivity index (χ0v) is 12.4. The SMILES string of the molecule is COc1ccc(C)cc1C(O)COc1ccc(C)c(F)c1. The summed E-state index contributed by atoms with van der Waals surface area (Å²) in [4.78, 5) is 0. The lowest BCUT2D eigenvalue weighted by Gasteiger charge is -2.16. The van der Waals surface area contributed by atoms with Crippen molar-refractivity contribution in [3.05, 3.63) is 58.9 Å². The monoisotopic (exact) mass is 290 g/mol. The Hall–Kier alpha value is -2.07. The van der Waals surface area contributed by atoms with E-state index in [-0.39, 0.29) is 12.4 Å². The van der Waals surface area contributed by atoms with Gasteiger partial charge in [0.1, 0.15) is 30.0 Å². The summed E-state index contributed by atoms with van der Waals surface area (Å²) in [6.45, 7) is 3.65. The lowest BCUT2D eigenvalue weighted by molar-refractivity contribution is 0.105. The molecule has 0 aromatic heterocycles. The molecule has 4 heteroatoms. The number of hydrogen-bond acceptors (Lipinski definition) is 3. The minimum atomic E-state index is -0.843. The molecule has 0 aliphatic rings. The molecule has 21 heavy (non-hydrogen) atoms. The van der Waals surface area contributed by atoms with E-state index in [1.165, 1.54) is 6.07 Å². The van der Waals surface area contributed by atoms with Crippen LogP contribution in [0, 0.1) is 19.7 Å². The molecule has 1 N–H and O–H groups in total. The van der Waals surface area contributed by atoms with Crippen molar-refractivity contribution in [1.82, 2.24) is 0 Å². The summed E-state index contributed by atoms with van der Waals surface area (Å²) in [6.07, 6.45) is -0.843. The predicted octanol–water partition coefficient (Wildman–Crippen LogP) is 3.56. The maximum atomic E-state index is 13.4. The van der Waals surface area contributed by atoms with Gasteiger partial charge in [-0.05, 0) is 37.6 Å². The highest BCUT2D eigenvalue weighted by molar-refractivity contribution is 5.38. The van der Waals surface area contributed by atoms with Crippen molar-refractivity contribution in [3.8, 4) is 11.5 Å². The number of rotatable bonds is 5. The molecule has 0 saturated heterocycles. The molecular formula is C17H19FO3. The molecule has 112 valence electrons. The summed E-state index contributed by atoms with van der Waals surface area (Å²) < 4.78 is 24.1. The Balaban J connectivity index is 2.09. The molecule has 0 bridgehead atoms. The van der Waals surface area contributed by atoms with Gasteiger partial charge >= 0.3 is 0 Å². The van der Waals surface area contributed by atoms with Crippen LogP contribution in [0.3, 0.4) is 0 Å². The Bertz CT molecular complexity index is 625. The van der Waals surface area contributed by atoms with Gasteiger partial charge in [-0.25, -0.2) is 4.39 Å². The van der Waals surface area contributed by atoms with Crippen LogP contribution in [0.1, 0.15) is 22.8 Å². The minimum Gasteiger partial charge on any atom is -0.496 e. The van der Waals surface area contributed by atoms with Gasteiger partial charge in [-0.15, -0.1) is 0 Å². The van der Waals surface area contributed by atoms with Crippen LogP contribution in [0.15, 0.2) is 36.4 Å². The van der Waals surface area contributed by atoms with Gasteiger partial charge < -0.3 is 14.6 Å². The highest BCUT2D eigenvalue weighted by Crippen LogP contribution is 2.27. The zero-order chi connectivity index (χ0) is 15.4. The summed E-state index contributed by atoms with van der Waals surface area (Å²) >= 11 is 0. The first-order valence-electron chi connectivity index (χ1n) is 6.73. The van der Waals surface area contributed by atoms with Gasteiger partial charge in [0, 0.05) is 11.6 Å². The lowest BCUT2D eigenvalue weighted by atomic mass is 10.1. The van der Waals surface area contributed by atoms with E-state index >= 15 is 0 Å². The molecule has 0 saturated carbocycles. The number of hydrogen-bond donors (Lipinski definition) is 1. The second-order valence-corrected chi connectivity index (χ2v) is 4.98. The fraction of sp³-hybridized carbons (Fsp3) is 0.294. The van der Waals surface area contributed by atoms with E-state index < -0.39 is 6.10 Å². The van der Waals surface area contributed by atoms with Crippen molar-refractivity contribution in [2.45, 2.75) is 20.0 Å². The van der Waals surface area contributed by atoms with E-state index in [4.69, 9.17) is 9.47 Å². The third-order valence-corrected chi connectivity index (χ3v) is 3.30. The Morgan fingerprint density at radius 3 is 2.57 bits per heavy atom. The number of halogens is 1. The summed E-state index contributed by atoms with van der Waals surface area (Å²) in [7, 11) is 1.55. The van der Waals surface area contributed by atoms with E-state index in [0.29, 0.717) is 22.6 Å². The van der Waals surface area contributed by atoms with Crippen LogP contribution in [-0.2, 0) is 0 Å². The molecule has 2 rings (SSSR count). The van der Waals surface area contributed by atoms with Crippen LogP contribution in [0.25, 0.3) is 0 Å². The van der Waals surface area contributed by atoms with Gasteiger partial charge in [-0.2, -0.15) is 0 Å². The number of methoxy groups -OCH3 is 1. The molecule has 0 spiro atoms. The van der Waals surface area contributed by atoms with Crippen LogP contribution < -0.4 is 9.47 Å². The first-order valence-corrected chi connectivity index (χ1v) is 6.73. The molecular weight excluding hydrogens is 271 g/mol. The largest absolute Gasteiger partial charge is 0.496 e. The molecule has 1 unspecified atom stereocenters. The van der Waals surface area contributed by atoms with Crippen molar-refractivity contribution < 1.29 is 19.0 Å². The maximum absolute atomic E-state index is 13.4. The third-order valence-electron chi connectivity index (χ3n) is 3.30. The molecule has 0 fully saturated rings. The van der Waals surface area contributed by atoms with Crippen molar-refractivity contribution in [2.24, 2.45) is 0 Å². The second kappa shape index (κ2) is 6.59. The standard InChI is InChI=1S/C17H19FO3/c1-11-4-7-17(20-3)14(8-11)16(19)10-21-13-6-5-12(2)15(18)9-13/h4-9,16,19H,10H2,1-3H3. The van der Waals surface area contributed by atoms with Crippen molar-refractivity contribution in [3.63, 3.8) is 0 Å². The summed E-state index contributed by atoms with van der Waals surface area (Å²) in [5.74, 6) is 0.672. The van der Waals surface area contributed by atoms with Crippen LogP contribution in [0.4, 0.5) is 4.39 Å². The van der Waals surface area contributed by atoms with E-state index in [0.717, 1.165) is 5.56 Å². The average Bonchev–Trinajstić information content (AvgIpc) is 2.48. The van der Waals surface area contributed by atoms with Gasteiger partial charge in [0.2, 0.25) is 0 Å². The van der Waals surface area contributed by atoms with Gasteiger partial charge in [0.25, 0.3) is 0 Å². The Morgan fingerprint density at radius 1 is 1.14 bits per heavy atom. The summed E-state index contributed by atoms with van der Waals surface area (Å²) in [5, 5.41) is 10.2. The molecule has 0 aliphatic heterocycles. The molecule has 0 radical (unpaired) electrons. The normalized spacial score (nSPS) is 12.0. The molecule has 0 heterocycles. The average molecular weight is 290 g/mol. The topological polar surface area (TPSA) is 38.7 Å². The number of benzene rings is 2. The van der Waals surface area contributed by atoms with Crippen LogP contribution in [0.2, 0.25) is 0 Å². The molecule has 0 amide bonds. The summed E-state index contributed by atoms with van der Waals surface area (Å²) in [6, 6.07) is 10.2. The number of aliphatic hydroxyl groups is 1. The molecule has 2 aromatic carbocycles. The van der Waals surface area contributed by atoms with E-state index in [1.54, 1.807) is 32.2 Å². The number of aryl methyl sites for hydroxylation is 2. The van der Waals surface area contributed by atoms with Gasteiger partial charge in [0.15, 0.2) is 0 Å². The van der Waals surface area contributed by atoms with Gasteiger partial charge in [0.05, 0.1) is 7.11 Å². The Morgan fingerprint density at radius 2 is 1.90 bits per heavy atom. The number of aliphatic hydroxyl groups excluding tert-OH is 1. The first-order chi connectivity index (χ1) is 10.0. The van der Waals surface area contributed by atoms with Crippen LogP contribution in [-0.4, -0.2) is 18.8 Å². The quantitative estimate of drug-likeness (QED) is 0.915. The second-order valence-electron chi connectivity index (χ2n) is 4.98. The highest BCUT2D eigenvalue weighted by Gasteiger charge is 2.14. The van der Waals surface area contributed by atoms with E-state index in [2.05, 4.69) is 0 Å². The van der Waals surface area contributed by atoms with Crippen molar-refractivity contribution in [1.29, 1.82) is 0 Å². The van der Waals surface area contributed by atoms with Crippen molar-refractivity contribution in [2.75, 3.05) is 13.7 Å². The molecule has 1 atom stereocenters. The van der Waals surface area contributed by atoms with Crippen LogP contribution >= 0.6 is 0 Å². The molecule has 2 aromatic rings. The fourth-order valence-electron chi connectivity index (χ4n) is 2.04. The van der Waals surface area contributed by atoms with Gasteiger partial charge in [-0.1, -0.05) is 17.7 Å². The van der Waals surface area contributed by atoms with Crippen molar-refractivity contribution >= 4 is 0 Å². The Kier molecular flexibility index (Phi) is 4.81. The highest BCUT2D eigenvalue weighted by atomic mass is 19.1. The molecule has 3 nitrogen and oxygen atoms in total. The third kappa shape index (κ3) is 3.73. The predicted molar refractivity (Wildman–Crippen MR) is 79.3 cm³/mol. The minimum absolute atomic E-state index is 0.0301. The van der Waals surface area contributed by atoms with E-state index in [1.807, 2.05) is 19.1 Å². The lowest BCUT2D eigenvalue weighted by Crippen LogP contribution is -2.11. The van der Waals surface area contributed by atoms with Crippen LogP contribution in [0.5, 0.6) is 11.5 Å². The zero-order valence-electron chi connectivity index (χ0n) is 12.4. The number of ether oxygens (including phenoxy) is 2. The van der Waals surface area contributed by atoms with E-state index in [9.17, 15) is 9.50 Å². The fourth-order valence-corrected chi connectivity index (χ4v) is 2.04. The molecule has 0 aliphatic carbocycles. The first kappa shape index (κ1) is 15.3. The Labute approximate surface area is 124 Å². The smallest absolute Gasteiger partial charge is 0.129 e.